The molecule has 5 atom stereocenters. The van der Waals surface area contributed by atoms with Gasteiger partial charge in [0.1, 0.15) is 0 Å². The summed E-state index contributed by atoms with van der Waals surface area (Å²) < 4.78 is 44.4. The molecule has 0 N–H and O–H groups in total. The van der Waals surface area contributed by atoms with Crippen LogP contribution in [-0.4, -0.2) is 48.1 Å². The minimum atomic E-state index is -3.39. The average molecular weight is 427 g/mol. The van der Waals surface area contributed by atoms with Crippen LogP contribution in [0.5, 0.6) is 0 Å². The third-order valence-corrected chi connectivity index (χ3v) is 13.1. The Kier molecular flexibility index (Phi) is 6.14. The Bertz CT molecular complexity index is 772. The van der Waals surface area contributed by atoms with Gasteiger partial charge in [0, 0.05) is 19.4 Å². The largest absolute Gasteiger partial charge is 0.414 e. The van der Waals surface area contributed by atoms with Gasteiger partial charge in [-0.15, -0.1) is 0 Å². The monoisotopic (exact) mass is 426 g/mol. The molecular formula is C21H34O5SSi. The van der Waals surface area contributed by atoms with Crippen LogP contribution in [0.25, 0.3) is 0 Å². The normalized spacial score (nSPS) is 31.1. The molecule has 1 aliphatic heterocycles. The topological polar surface area (TPSA) is 61.8 Å². The van der Waals surface area contributed by atoms with Gasteiger partial charge in [-0.25, -0.2) is 8.42 Å². The van der Waals surface area contributed by atoms with Crippen molar-refractivity contribution in [3.05, 3.63) is 30.3 Å². The second-order valence-electron chi connectivity index (χ2n) is 9.65. The second-order valence-corrected chi connectivity index (χ2v) is 16.4. The summed E-state index contributed by atoms with van der Waals surface area (Å²) in [6.45, 7) is 11.1. The molecule has 158 valence electrons. The summed E-state index contributed by atoms with van der Waals surface area (Å²) in [5, 5.41) is 0.0729. The maximum atomic E-state index is 13.1. The Morgan fingerprint density at radius 1 is 1.14 bits per heavy atom. The number of ether oxygens (including phenoxy) is 2. The predicted octanol–water partition coefficient (Wildman–Crippen LogP) is 4.25. The minimum Gasteiger partial charge on any atom is -0.414 e. The highest BCUT2D eigenvalue weighted by Gasteiger charge is 2.53. The van der Waals surface area contributed by atoms with Crippen molar-refractivity contribution >= 4 is 18.2 Å². The maximum absolute atomic E-state index is 13.1. The Morgan fingerprint density at radius 3 is 2.36 bits per heavy atom. The van der Waals surface area contributed by atoms with Crippen LogP contribution in [0.4, 0.5) is 0 Å². The highest BCUT2D eigenvalue weighted by molar-refractivity contribution is 7.91. The van der Waals surface area contributed by atoms with Crippen molar-refractivity contribution in [3.8, 4) is 0 Å². The zero-order chi connectivity index (χ0) is 20.7. The second kappa shape index (κ2) is 7.83. The molecule has 0 radical (unpaired) electrons. The molecule has 1 unspecified atom stereocenters. The smallest absolute Gasteiger partial charge is 0.192 e. The lowest BCUT2D eigenvalue weighted by Gasteiger charge is -2.40. The van der Waals surface area contributed by atoms with Crippen LogP contribution in [0, 0.1) is 11.8 Å². The Balaban J connectivity index is 1.86. The van der Waals surface area contributed by atoms with Gasteiger partial charge in [-0.2, -0.15) is 0 Å². The lowest BCUT2D eigenvalue weighted by Crippen LogP contribution is -2.46. The Hall–Kier alpha value is -0.733. The number of hydrogen-bond acceptors (Lipinski definition) is 5. The van der Waals surface area contributed by atoms with Crippen LogP contribution in [0.1, 0.15) is 33.6 Å². The van der Waals surface area contributed by atoms with Gasteiger partial charge in [-0.3, -0.25) is 0 Å². The summed E-state index contributed by atoms with van der Waals surface area (Å²) in [4.78, 5) is 0.381. The van der Waals surface area contributed by atoms with Gasteiger partial charge in [0.25, 0.3) is 0 Å². The molecule has 0 aromatic heterocycles. The van der Waals surface area contributed by atoms with E-state index in [4.69, 9.17) is 13.9 Å². The quantitative estimate of drug-likeness (QED) is 0.637. The molecule has 28 heavy (non-hydrogen) atoms. The number of fused-ring (bicyclic) bond motifs is 1. The molecule has 5 nitrogen and oxygen atoms in total. The summed E-state index contributed by atoms with van der Waals surface area (Å²) in [5.41, 5.74) is 0. The van der Waals surface area contributed by atoms with Gasteiger partial charge in [-0.05, 0) is 42.6 Å². The van der Waals surface area contributed by atoms with Gasteiger partial charge in [0.2, 0.25) is 0 Å². The van der Waals surface area contributed by atoms with Gasteiger partial charge in [0.05, 0.1) is 22.9 Å². The highest BCUT2D eigenvalue weighted by Crippen LogP contribution is 2.48. The van der Waals surface area contributed by atoms with Gasteiger partial charge in [0.15, 0.2) is 24.4 Å². The molecule has 1 saturated heterocycles. The summed E-state index contributed by atoms with van der Waals surface area (Å²) in [5.74, 6) is 0.166. The standard InChI is InChI=1S/C21H34O5SSi/c1-21(2,3)28(5,6)26-19-13-18-16(12-20(24-4)25-18)17(19)14-27(22,23)15-10-8-7-9-11-15/h7-11,16-20H,12-14H2,1-6H3/t16-,17-,18+,19-,20?/m1/s1. The van der Waals surface area contributed by atoms with Crippen molar-refractivity contribution in [3.63, 3.8) is 0 Å². The molecule has 0 spiro atoms. The molecule has 1 heterocycles. The van der Waals surface area contributed by atoms with E-state index in [1.165, 1.54) is 0 Å². The molecule has 1 aromatic carbocycles. The zero-order valence-corrected chi connectivity index (χ0v) is 19.7. The van der Waals surface area contributed by atoms with Crippen LogP contribution < -0.4 is 0 Å². The number of hydrogen-bond donors (Lipinski definition) is 0. The summed E-state index contributed by atoms with van der Waals surface area (Å²) in [7, 11) is -3.77. The van der Waals surface area contributed by atoms with Crippen LogP contribution in [0.3, 0.4) is 0 Å². The van der Waals surface area contributed by atoms with Crippen LogP contribution in [0.15, 0.2) is 35.2 Å². The first kappa shape index (κ1) is 22.0. The van der Waals surface area contributed by atoms with E-state index < -0.39 is 18.2 Å². The average Bonchev–Trinajstić information content (AvgIpc) is 3.13. The third-order valence-electron chi connectivity index (χ3n) is 6.79. The van der Waals surface area contributed by atoms with Gasteiger partial charge < -0.3 is 13.9 Å². The van der Waals surface area contributed by atoms with E-state index in [0.717, 1.165) is 12.8 Å². The highest BCUT2D eigenvalue weighted by atomic mass is 32.2. The van der Waals surface area contributed by atoms with Crippen LogP contribution in [-0.2, 0) is 23.7 Å². The number of benzene rings is 1. The van der Waals surface area contributed by atoms with Gasteiger partial charge >= 0.3 is 0 Å². The lowest BCUT2D eigenvalue weighted by molar-refractivity contribution is -0.118. The van der Waals surface area contributed by atoms with Crippen molar-refractivity contribution in [2.24, 2.45) is 11.8 Å². The van der Waals surface area contributed by atoms with Crippen LogP contribution >= 0.6 is 0 Å². The molecule has 7 heteroatoms. The fourth-order valence-electron chi connectivity index (χ4n) is 4.14. The van der Waals surface area contributed by atoms with E-state index >= 15 is 0 Å². The molecular weight excluding hydrogens is 392 g/mol. The SMILES string of the molecule is COC1C[C@@H]2[C@@H](CS(=O)(=O)c3ccccc3)[C@H](O[Si](C)(C)C(C)(C)C)C[C@@H]2O1. The lowest BCUT2D eigenvalue weighted by atomic mass is 9.94. The molecule has 2 aliphatic rings. The fourth-order valence-corrected chi connectivity index (χ4v) is 7.25. The molecule has 2 fully saturated rings. The van der Waals surface area contributed by atoms with Crippen molar-refractivity contribution in [1.82, 2.24) is 0 Å². The molecule has 1 saturated carbocycles. The molecule has 1 aromatic rings. The first-order valence-corrected chi connectivity index (χ1v) is 14.6. The van der Waals surface area contributed by atoms with E-state index in [-0.39, 0.29) is 41.1 Å². The van der Waals surface area contributed by atoms with Gasteiger partial charge in [-0.1, -0.05) is 39.0 Å². The zero-order valence-electron chi connectivity index (χ0n) is 17.8. The molecule has 1 aliphatic carbocycles. The summed E-state index contributed by atoms with van der Waals surface area (Å²) >= 11 is 0. The number of rotatable bonds is 6. The maximum Gasteiger partial charge on any atom is 0.192 e. The van der Waals surface area contributed by atoms with E-state index in [1.807, 2.05) is 6.07 Å². The molecule has 3 rings (SSSR count). The predicted molar refractivity (Wildman–Crippen MR) is 112 cm³/mol. The summed E-state index contributed by atoms with van der Waals surface area (Å²) in [6, 6.07) is 8.73. The van der Waals surface area contributed by atoms with E-state index in [9.17, 15) is 8.42 Å². The van der Waals surface area contributed by atoms with E-state index in [2.05, 4.69) is 33.9 Å². The van der Waals surface area contributed by atoms with Crippen molar-refractivity contribution < 1.29 is 22.3 Å². The first-order valence-electron chi connectivity index (χ1n) is 10.1. The summed E-state index contributed by atoms with van der Waals surface area (Å²) in [6.07, 6.45) is 1.15. The molecule has 0 amide bonds. The Morgan fingerprint density at radius 2 is 1.79 bits per heavy atom. The number of sulfone groups is 1. The van der Waals surface area contributed by atoms with E-state index in [1.54, 1.807) is 31.4 Å². The third kappa shape index (κ3) is 4.38. The fraction of sp³-hybridized carbons (Fsp3) is 0.714. The van der Waals surface area contributed by atoms with Crippen molar-refractivity contribution in [2.45, 2.75) is 75.1 Å². The van der Waals surface area contributed by atoms with Crippen molar-refractivity contribution in [2.75, 3.05) is 12.9 Å². The van der Waals surface area contributed by atoms with Crippen molar-refractivity contribution in [1.29, 1.82) is 0 Å². The van der Waals surface area contributed by atoms with Crippen LogP contribution in [0.2, 0.25) is 18.1 Å². The van der Waals surface area contributed by atoms with E-state index in [0.29, 0.717) is 4.90 Å². The Labute approximate surface area is 170 Å². The number of methoxy groups -OCH3 is 1. The first-order chi connectivity index (χ1) is 12.9. The molecule has 0 bridgehead atoms. The minimum absolute atomic E-state index is 0.00990.